The summed E-state index contributed by atoms with van der Waals surface area (Å²) in [7, 11) is 4.21. The number of aliphatic carboxylic acids is 2. The maximum absolute atomic E-state index is 9.55. The summed E-state index contributed by atoms with van der Waals surface area (Å²) in [6.45, 7) is 1.91. The first-order valence-electron chi connectivity index (χ1n) is 11.0. The second-order valence-electron chi connectivity index (χ2n) is 7.88. The molecule has 1 aliphatic rings. The van der Waals surface area contributed by atoms with Crippen LogP contribution in [0.5, 0.6) is 0 Å². The predicted octanol–water partition coefficient (Wildman–Crippen LogP) is 3.76. The Kier molecular flexibility index (Phi) is 8.80. The smallest absolute Gasteiger partial charge is 0.328 e. The Balaban J connectivity index is 0.000000371. The molecule has 0 unspecified atom stereocenters. The average Bonchev–Trinajstić information content (AvgIpc) is 2.99. The fourth-order valence-corrected chi connectivity index (χ4v) is 3.53. The minimum Gasteiger partial charge on any atom is -0.478 e. The second kappa shape index (κ2) is 12.2. The van der Waals surface area contributed by atoms with Crippen molar-refractivity contribution in [2.24, 2.45) is 4.99 Å². The molecule has 9 heteroatoms. The number of rotatable bonds is 7. The van der Waals surface area contributed by atoms with Gasteiger partial charge in [0.05, 0.1) is 11.4 Å². The fourth-order valence-electron chi connectivity index (χ4n) is 3.53. The summed E-state index contributed by atoms with van der Waals surface area (Å²) in [4.78, 5) is 37.5. The molecule has 0 amide bonds. The number of aromatic nitrogens is 2. The Morgan fingerprint density at radius 2 is 1.63 bits per heavy atom. The zero-order valence-electron chi connectivity index (χ0n) is 19.6. The number of carboxylic acid groups (broad SMARTS) is 2. The second-order valence-corrected chi connectivity index (χ2v) is 7.88. The van der Waals surface area contributed by atoms with Gasteiger partial charge in [-0.15, -0.1) is 0 Å². The monoisotopic (exact) mass is 473 g/mol. The number of carbonyl (C=O) groups is 2. The summed E-state index contributed by atoms with van der Waals surface area (Å²) in [6.07, 6.45) is 7.62. The van der Waals surface area contributed by atoms with Crippen molar-refractivity contribution in [2.75, 3.05) is 32.1 Å². The summed E-state index contributed by atoms with van der Waals surface area (Å²) in [5.41, 5.74) is 5.17. The van der Waals surface area contributed by atoms with Crippen molar-refractivity contribution in [1.82, 2.24) is 14.9 Å². The van der Waals surface area contributed by atoms with E-state index >= 15 is 0 Å². The van der Waals surface area contributed by atoms with Crippen molar-refractivity contribution in [3.63, 3.8) is 0 Å². The van der Waals surface area contributed by atoms with Gasteiger partial charge in [-0.25, -0.2) is 19.6 Å². The third-order valence-corrected chi connectivity index (χ3v) is 5.01. The highest BCUT2D eigenvalue weighted by molar-refractivity contribution is 6.18. The maximum atomic E-state index is 9.55. The molecule has 0 saturated heterocycles. The number of carboxylic acids is 2. The molecule has 0 radical (unpaired) electrons. The van der Waals surface area contributed by atoms with Crippen molar-refractivity contribution >= 4 is 34.8 Å². The SMILES string of the molecule is CN(C)CCCN1c2ccccc2C(c2ccncc2)=Nc2cccnc21.O=C(O)/C=C/C(=O)O. The van der Waals surface area contributed by atoms with Crippen LogP contribution in [0.25, 0.3) is 0 Å². The molecule has 1 aromatic carbocycles. The summed E-state index contributed by atoms with van der Waals surface area (Å²) >= 11 is 0. The van der Waals surface area contributed by atoms with Crippen LogP contribution >= 0.6 is 0 Å². The quantitative estimate of drug-likeness (QED) is 0.498. The topological polar surface area (TPSA) is 119 Å². The van der Waals surface area contributed by atoms with Gasteiger partial charge < -0.3 is 20.0 Å². The lowest BCUT2D eigenvalue weighted by Crippen LogP contribution is -2.24. The van der Waals surface area contributed by atoms with Crippen LogP contribution in [-0.4, -0.2) is 69.9 Å². The predicted molar refractivity (Wildman–Crippen MR) is 135 cm³/mol. The minimum absolute atomic E-state index is 0.558. The summed E-state index contributed by atoms with van der Waals surface area (Å²) < 4.78 is 0. The van der Waals surface area contributed by atoms with Crippen LogP contribution in [0.15, 0.2) is 84.3 Å². The molecule has 0 atom stereocenters. The van der Waals surface area contributed by atoms with Crippen LogP contribution < -0.4 is 4.90 Å². The van der Waals surface area contributed by atoms with E-state index < -0.39 is 11.9 Å². The van der Waals surface area contributed by atoms with Gasteiger partial charge in [-0.05, 0) is 57.4 Å². The highest BCUT2D eigenvalue weighted by Gasteiger charge is 2.24. The number of anilines is 2. The van der Waals surface area contributed by atoms with Crippen molar-refractivity contribution in [1.29, 1.82) is 0 Å². The van der Waals surface area contributed by atoms with Crippen LogP contribution in [0.1, 0.15) is 17.5 Å². The molecule has 180 valence electrons. The van der Waals surface area contributed by atoms with Crippen molar-refractivity contribution in [3.8, 4) is 0 Å². The van der Waals surface area contributed by atoms with Gasteiger partial charge in [0.2, 0.25) is 0 Å². The van der Waals surface area contributed by atoms with E-state index in [2.05, 4.69) is 58.1 Å². The Bertz CT molecular complexity index is 1210. The summed E-state index contributed by atoms with van der Waals surface area (Å²) in [6, 6.07) is 16.4. The number of fused-ring (bicyclic) bond motifs is 2. The Labute approximate surface area is 203 Å². The highest BCUT2D eigenvalue weighted by Crippen LogP contribution is 2.38. The standard InChI is InChI=1S/C22H23N5.C4H4O4/c1-26(2)15-6-16-27-20-9-4-3-7-18(20)21(17-10-13-23-14-11-17)25-19-8-5-12-24-22(19)27;5-3(6)1-2-4(7)8/h3-5,7-14H,6,15-16H2,1-2H3;1-2H,(H,5,6)(H,7,8)/b;2-1+. The molecule has 0 spiro atoms. The van der Waals surface area contributed by atoms with Crippen molar-refractivity contribution < 1.29 is 19.8 Å². The van der Waals surface area contributed by atoms with Gasteiger partial charge in [0.1, 0.15) is 5.69 Å². The van der Waals surface area contributed by atoms with E-state index in [4.69, 9.17) is 15.2 Å². The van der Waals surface area contributed by atoms with E-state index in [1.54, 1.807) is 0 Å². The summed E-state index contributed by atoms with van der Waals surface area (Å²) in [5.74, 6) is -1.60. The number of nitrogens with zero attached hydrogens (tertiary/aromatic N) is 5. The first kappa shape index (κ1) is 25.3. The lowest BCUT2D eigenvalue weighted by atomic mass is 10.0. The van der Waals surface area contributed by atoms with Crippen LogP contribution in [0.3, 0.4) is 0 Å². The van der Waals surface area contributed by atoms with Gasteiger partial charge >= 0.3 is 11.9 Å². The summed E-state index contributed by atoms with van der Waals surface area (Å²) in [5, 5.41) is 15.6. The lowest BCUT2D eigenvalue weighted by Gasteiger charge is -2.26. The Morgan fingerprint density at radius 3 is 2.29 bits per heavy atom. The minimum atomic E-state index is -1.26. The van der Waals surface area contributed by atoms with E-state index in [1.807, 2.05) is 42.9 Å². The molecule has 0 fully saturated rings. The van der Waals surface area contributed by atoms with Crippen molar-refractivity contribution in [2.45, 2.75) is 6.42 Å². The maximum Gasteiger partial charge on any atom is 0.328 e. The third-order valence-electron chi connectivity index (χ3n) is 5.01. The lowest BCUT2D eigenvalue weighted by molar-refractivity contribution is -0.134. The van der Waals surface area contributed by atoms with Crippen LogP contribution in [-0.2, 0) is 9.59 Å². The number of pyridine rings is 2. The van der Waals surface area contributed by atoms with E-state index in [0.717, 1.165) is 53.5 Å². The molecule has 35 heavy (non-hydrogen) atoms. The molecule has 0 bridgehead atoms. The largest absolute Gasteiger partial charge is 0.478 e. The van der Waals surface area contributed by atoms with Crippen LogP contribution in [0, 0.1) is 0 Å². The molecule has 2 aromatic heterocycles. The van der Waals surface area contributed by atoms with Crippen LogP contribution in [0.2, 0.25) is 0 Å². The van der Waals surface area contributed by atoms with Crippen LogP contribution in [0.4, 0.5) is 17.2 Å². The first-order chi connectivity index (χ1) is 16.9. The number of hydrogen-bond donors (Lipinski definition) is 2. The van der Waals surface area contributed by atoms with Gasteiger partial charge in [-0.2, -0.15) is 0 Å². The Morgan fingerprint density at radius 1 is 0.943 bits per heavy atom. The number of hydrogen-bond acceptors (Lipinski definition) is 7. The average molecular weight is 474 g/mol. The zero-order chi connectivity index (χ0) is 25.2. The Hall–Kier alpha value is -4.37. The van der Waals surface area contributed by atoms with Gasteiger partial charge in [-0.1, -0.05) is 18.2 Å². The number of benzene rings is 1. The molecule has 3 heterocycles. The third kappa shape index (κ3) is 7.05. The molecular formula is C26H27N5O4. The molecule has 0 aliphatic carbocycles. The normalized spacial score (nSPS) is 12.2. The molecule has 9 nitrogen and oxygen atoms in total. The van der Waals surface area contributed by atoms with Gasteiger partial charge in [0.25, 0.3) is 0 Å². The van der Waals surface area contributed by atoms with Gasteiger partial charge in [0, 0.05) is 48.4 Å². The first-order valence-corrected chi connectivity index (χ1v) is 11.0. The molecule has 3 aromatic rings. The molecule has 2 N–H and O–H groups in total. The fraction of sp³-hybridized carbons (Fsp3) is 0.192. The van der Waals surface area contributed by atoms with Gasteiger partial charge in [-0.3, -0.25) is 4.98 Å². The van der Waals surface area contributed by atoms with E-state index in [9.17, 15) is 9.59 Å². The number of aliphatic imine (C=N–C) groups is 1. The molecular weight excluding hydrogens is 446 g/mol. The van der Waals surface area contributed by atoms with Gasteiger partial charge in [0.15, 0.2) is 5.82 Å². The zero-order valence-corrected chi connectivity index (χ0v) is 19.6. The van der Waals surface area contributed by atoms with E-state index in [1.165, 1.54) is 0 Å². The molecule has 4 rings (SSSR count). The number of para-hydroxylation sites is 1. The molecule has 1 aliphatic heterocycles. The highest BCUT2D eigenvalue weighted by atomic mass is 16.4. The van der Waals surface area contributed by atoms with Crippen molar-refractivity contribution in [3.05, 3.63) is 90.4 Å². The van der Waals surface area contributed by atoms with E-state index in [0.29, 0.717) is 12.2 Å². The molecule has 0 saturated carbocycles. The van der Waals surface area contributed by atoms with E-state index in [-0.39, 0.29) is 0 Å².